The van der Waals surface area contributed by atoms with Crippen LogP contribution >= 0.6 is 15.9 Å². The quantitative estimate of drug-likeness (QED) is 0.616. The number of para-hydroxylation sites is 1. The molecule has 2 heterocycles. The molecular formula is C23H22BrN3O. The van der Waals surface area contributed by atoms with Gasteiger partial charge in [0.05, 0.1) is 17.0 Å². The zero-order valence-electron chi connectivity index (χ0n) is 15.7. The molecule has 1 saturated heterocycles. The van der Waals surface area contributed by atoms with Crippen molar-refractivity contribution in [2.45, 2.75) is 19.4 Å². The van der Waals surface area contributed by atoms with Gasteiger partial charge in [-0.25, -0.2) is 0 Å². The fraction of sp³-hybridized carbons (Fsp3) is 0.217. The first-order valence-corrected chi connectivity index (χ1v) is 10.2. The Morgan fingerprint density at radius 1 is 1.11 bits per heavy atom. The Morgan fingerprint density at radius 3 is 2.68 bits per heavy atom. The van der Waals surface area contributed by atoms with Gasteiger partial charge < -0.3 is 10.2 Å². The zero-order chi connectivity index (χ0) is 19.5. The Morgan fingerprint density at radius 2 is 1.93 bits per heavy atom. The fourth-order valence-corrected chi connectivity index (χ4v) is 4.00. The van der Waals surface area contributed by atoms with E-state index in [2.05, 4.69) is 38.4 Å². The number of likely N-dealkylation sites (tertiary alicyclic amines) is 1. The monoisotopic (exact) mass is 435 g/mol. The summed E-state index contributed by atoms with van der Waals surface area (Å²) in [5.41, 5.74) is 4.45. The molecule has 1 aliphatic heterocycles. The van der Waals surface area contributed by atoms with Crippen molar-refractivity contribution in [3.63, 3.8) is 0 Å². The minimum Gasteiger partial charge on any atom is -0.380 e. The third kappa shape index (κ3) is 4.09. The van der Waals surface area contributed by atoms with E-state index in [9.17, 15) is 4.79 Å². The summed E-state index contributed by atoms with van der Waals surface area (Å²) in [6, 6.07) is 22.3. The second-order valence-electron chi connectivity index (χ2n) is 7.09. The Bertz CT molecular complexity index is 990. The molecule has 4 nitrogen and oxygen atoms in total. The van der Waals surface area contributed by atoms with Crippen molar-refractivity contribution in [2.75, 3.05) is 18.4 Å². The summed E-state index contributed by atoms with van der Waals surface area (Å²) in [4.78, 5) is 19.6. The van der Waals surface area contributed by atoms with Crippen LogP contribution in [0.4, 0.5) is 5.69 Å². The van der Waals surface area contributed by atoms with Crippen molar-refractivity contribution >= 4 is 27.5 Å². The molecule has 1 amide bonds. The van der Waals surface area contributed by atoms with E-state index >= 15 is 0 Å². The molecule has 142 valence electrons. The van der Waals surface area contributed by atoms with Crippen LogP contribution in [0.25, 0.3) is 11.3 Å². The minimum atomic E-state index is 0.0585. The second kappa shape index (κ2) is 8.15. The molecular weight excluding hydrogens is 414 g/mol. The SMILES string of the molecule is Cc1nc(-c2cccc(Br)c2)ccc1C(=O)N1CCC(Nc2ccccc2)C1. The Labute approximate surface area is 173 Å². The average Bonchev–Trinajstić information content (AvgIpc) is 3.17. The number of carbonyl (C=O) groups is 1. The summed E-state index contributed by atoms with van der Waals surface area (Å²) < 4.78 is 1.01. The highest BCUT2D eigenvalue weighted by atomic mass is 79.9. The smallest absolute Gasteiger partial charge is 0.255 e. The van der Waals surface area contributed by atoms with Gasteiger partial charge in [0.15, 0.2) is 0 Å². The highest BCUT2D eigenvalue weighted by molar-refractivity contribution is 9.10. The molecule has 0 bridgehead atoms. The van der Waals surface area contributed by atoms with Crippen LogP contribution in [-0.4, -0.2) is 34.9 Å². The van der Waals surface area contributed by atoms with Gasteiger partial charge in [-0.1, -0.05) is 46.3 Å². The number of hydrogen-bond donors (Lipinski definition) is 1. The molecule has 4 rings (SSSR count). The summed E-state index contributed by atoms with van der Waals surface area (Å²) in [5, 5.41) is 3.51. The summed E-state index contributed by atoms with van der Waals surface area (Å²) in [7, 11) is 0. The number of carbonyl (C=O) groups excluding carboxylic acids is 1. The van der Waals surface area contributed by atoms with Crippen molar-refractivity contribution < 1.29 is 4.79 Å². The van der Waals surface area contributed by atoms with E-state index in [4.69, 9.17) is 0 Å². The molecule has 0 spiro atoms. The third-order valence-electron chi connectivity index (χ3n) is 5.06. The first-order valence-electron chi connectivity index (χ1n) is 9.44. The van der Waals surface area contributed by atoms with Crippen LogP contribution in [0.15, 0.2) is 71.2 Å². The van der Waals surface area contributed by atoms with Crippen LogP contribution in [0.1, 0.15) is 22.5 Å². The van der Waals surface area contributed by atoms with Crippen LogP contribution in [0, 0.1) is 6.92 Å². The van der Waals surface area contributed by atoms with E-state index in [-0.39, 0.29) is 11.9 Å². The summed E-state index contributed by atoms with van der Waals surface area (Å²) in [6.07, 6.45) is 0.948. The number of hydrogen-bond acceptors (Lipinski definition) is 3. The number of benzene rings is 2. The minimum absolute atomic E-state index is 0.0585. The van der Waals surface area contributed by atoms with Gasteiger partial charge in [0, 0.05) is 34.9 Å². The van der Waals surface area contributed by atoms with E-state index in [1.165, 1.54) is 0 Å². The van der Waals surface area contributed by atoms with Crippen LogP contribution in [0.5, 0.6) is 0 Å². The van der Waals surface area contributed by atoms with E-state index in [0.717, 1.165) is 40.1 Å². The van der Waals surface area contributed by atoms with Gasteiger partial charge in [-0.15, -0.1) is 0 Å². The van der Waals surface area contributed by atoms with Crippen molar-refractivity contribution in [1.82, 2.24) is 9.88 Å². The predicted molar refractivity (Wildman–Crippen MR) is 116 cm³/mol. The van der Waals surface area contributed by atoms with E-state index < -0.39 is 0 Å². The maximum atomic E-state index is 13.0. The predicted octanol–water partition coefficient (Wildman–Crippen LogP) is 5.15. The van der Waals surface area contributed by atoms with Gasteiger partial charge >= 0.3 is 0 Å². The maximum Gasteiger partial charge on any atom is 0.255 e. The maximum absolute atomic E-state index is 13.0. The molecule has 0 aliphatic carbocycles. The molecule has 1 aliphatic rings. The Hall–Kier alpha value is -2.66. The van der Waals surface area contributed by atoms with Crippen LogP contribution in [-0.2, 0) is 0 Å². The van der Waals surface area contributed by atoms with Gasteiger partial charge in [-0.2, -0.15) is 0 Å². The number of amides is 1. The number of nitrogens with zero attached hydrogens (tertiary/aromatic N) is 2. The lowest BCUT2D eigenvalue weighted by Gasteiger charge is -2.19. The first kappa shape index (κ1) is 18.7. The number of aromatic nitrogens is 1. The number of halogens is 1. The Kier molecular flexibility index (Phi) is 5.44. The van der Waals surface area contributed by atoms with Gasteiger partial charge in [0.25, 0.3) is 5.91 Å². The van der Waals surface area contributed by atoms with Gasteiger partial charge in [-0.05, 0) is 49.7 Å². The van der Waals surface area contributed by atoms with Crippen LogP contribution in [0.3, 0.4) is 0 Å². The number of pyridine rings is 1. The van der Waals surface area contributed by atoms with Crippen molar-refractivity contribution in [3.8, 4) is 11.3 Å². The largest absolute Gasteiger partial charge is 0.380 e. The van der Waals surface area contributed by atoms with E-state index in [1.807, 2.05) is 66.4 Å². The van der Waals surface area contributed by atoms with Crippen molar-refractivity contribution in [3.05, 3.63) is 82.5 Å². The molecule has 1 aromatic heterocycles. The third-order valence-corrected chi connectivity index (χ3v) is 5.55. The highest BCUT2D eigenvalue weighted by Gasteiger charge is 2.28. The Balaban J connectivity index is 1.46. The highest BCUT2D eigenvalue weighted by Crippen LogP contribution is 2.24. The van der Waals surface area contributed by atoms with E-state index in [1.54, 1.807) is 0 Å². The topological polar surface area (TPSA) is 45.2 Å². The first-order chi connectivity index (χ1) is 13.6. The number of rotatable bonds is 4. The lowest BCUT2D eigenvalue weighted by Crippen LogP contribution is -2.32. The molecule has 5 heteroatoms. The van der Waals surface area contributed by atoms with Crippen LogP contribution < -0.4 is 5.32 Å². The van der Waals surface area contributed by atoms with Crippen molar-refractivity contribution in [1.29, 1.82) is 0 Å². The molecule has 1 fully saturated rings. The number of anilines is 1. The summed E-state index contributed by atoms with van der Waals surface area (Å²) in [6.45, 7) is 3.38. The van der Waals surface area contributed by atoms with E-state index in [0.29, 0.717) is 12.1 Å². The van der Waals surface area contributed by atoms with Crippen LogP contribution in [0.2, 0.25) is 0 Å². The normalized spacial score (nSPS) is 16.2. The lowest BCUT2D eigenvalue weighted by atomic mass is 10.1. The van der Waals surface area contributed by atoms with Gasteiger partial charge in [-0.3, -0.25) is 9.78 Å². The lowest BCUT2D eigenvalue weighted by molar-refractivity contribution is 0.0790. The number of nitrogens with one attached hydrogen (secondary N) is 1. The molecule has 0 radical (unpaired) electrons. The molecule has 1 unspecified atom stereocenters. The molecule has 0 saturated carbocycles. The molecule has 1 atom stereocenters. The van der Waals surface area contributed by atoms with Crippen molar-refractivity contribution in [2.24, 2.45) is 0 Å². The fourth-order valence-electron chi connectivity index (χ4n) is 3.60. The standard InChI is InChI=1S/C23H22BrN3O/c1-16-21(10-11-22(25-16)17-6-5-7-18(24)14-17)23(28)27-13-12-20(15-27)26-19-8-3-2-4-9-19/h2-11,14,20,26H,12-13,15H2,1H3. The van der Waals surface area contributed by atoms with Gasteiger partial charge in [0.2, 0.25) is 0 Å². The summed E-state index contributed by atoms with van der Waals surface area (Å²) in [5.74, 6) is 0.0585. The average molecular weight is 436 g/mol. The molecule has 28 heavy (non-hydrogen) atoms. The second-order valence-corrected chi connectivity index (χ2v) is 8.00. The zero-order valence-corrected chi connectivity index (χ0v) is 17.3. The number of aryl methyl sites for hydroxylation is 1. The summed E-state index contributed by atoms with van der Waals surface area (Å²) >= 11 is 3.50. The molecule has 2 aromatic carbocycles. The molecule has 1 N–H and O–H groups in total. The molecule has 3 aromatic rings. The van der Waals surface area contributed by atoms with Gasteiger partial charge in [0.1, 0.15) is 0 Å².